The molecule has 5 nitrogen and oxygen atoms in total. The van der Waals surface area contributed by atoms with Crippen LogP contribution in [-0.4, -0.2) is 34.2 Å². The molecule has 6 heteroatoms. The van der Waals surface area contributed by atoms with E-state index in [0.29, 0.717) is 6.54 Å². The Bertz CT molecular complexity index is 480. The van der Waals surface area contributed by atoms with Gasteiger partial charge in [-0.15, -0.1) is 0 Å². The number of carbonyl (C=O) groups excluding carboxylic acids is 1. The highest BCUT2D eigenvalue weighted by molar-refractivity contribution is 7.90. The molecule has 0 fully saturated rings. The molecule has 0 saturated carbocycles. The second kappa shape index (κ2) is 5.79. The van der Waals surface area contributed by atoms with Crippen LogP contribution in [-0.2, 0) is 21.2 Å². The molecule has 0 heterocycles. The number of benzene rings is 1. The molecule has 0 bridgehead atoms. The fraction of sp³-hybridized carbons (Fsp3) is 0.364. The van der Waals surface area contributed by atoms with Crippen LogP contribution in [0.1, 0.15) is 5.56 Å². The summed E-state index contributed by atoms with van der Waals surface area (Å²) < 4.78 is 22.4. The maximum Gasteiger partial charge on any atom is 0.234 e. The van der Waals surface area contributed by atoms with Gasteiger partial charge in [-0.05, 0) is 24.7 Å². The lowest BCUT2D eigenvalue weighted by Gasteiger charge is -2.05. The SMILES string of the molecule is CNCC(=O)NCc1ccc(S(C)(=O)=O)cc1. The molecule has 1 rings (SSSR count). The van der Waals surface area contributed by atoms with Crippen molar-refractivity contribution < 1.29 is 13.2 Å². The van der Waals surface area contributed by atoms with Crippen molar-refractivity contribution in [1.82, 2.24) is 10.6 Å². The summed E-state index contributed by atoms with van der Waals surface area (Å²) in [6.45, 7) is 0.659. The molecule has 0 saturated heterocycles. The lowest BCUT2D eigenvalue weighted by molar-refractivity contribution is -0.120. The summed E-state index contributed by atoms with van der Waals surface area (Å²) in [5.41, 5.74) is 0.863. The summed E-state index contributed by atoms with van der Waals surface area (Å²) in [5, 5.41) is 5.45. The molecule has 0 aliphatic rings. The highest BCUT2D eigenvalue weighted by Gasteiger charge is 2.06. The Morgan fingerprint density at radius 2 is 1.82 bits per heavy atom. The van der Waals surface area contributed by atoms with Gasteiger partial charge in [-0.25, -0.2) is 8.42 Å². The highest BCUT2D eigenvalue weighted by atomic mass is 32.2. The van der Waals surface area contributed by atoms with Gasteiger partial charge < -0.3 is 10.6 Å². The molecular formula is C11H16N2O3S. The van der Waals surface area contributed by atoms with Gasteiger partial charge in [0.25, 0.3) is 0 Å². The summed E-state index contributed by atoms with van der Waals surface area (Å²) >= 11 is 0. The Morgan fingerprint density at radius 3 is 2.29 bits per heavy atom. The third kappa shape index (κ3) is 4.54. The Hall–Kier alpha value is -1.40. The number of nitrogens with one attached hydrogen (secondary N) is 2. The molecule has 0 radical (unpaired) electrons. The van der Waals surface area contributed by atoms with E-state index in [1.165, 1.54) is 12.1 Å². The van der Waals surface area contributed by atoms with Gasteiger partial charge in [0.1, 0.15) is 0 Å². The summed E-state index contributed by atoms with van der Waals surface area (Å²) in [7, 11) is -1.46. The second-order valence-corrected chi connectivity index (χ2v) is 5.74. The van der Waals surface area contributed by atoms with Crippen LogP contribution in [0.2, 0.25) is 0 Å². The van der Waals surface area contributed by atoms with E-state index < -0.39 is 9.84 Å². The van der Waals surface area contributed by atoms with Crippen LogP contribution in [0.4, 0.5) is 0 Å². The Balaban J connectivity index is 2.60. The molecule has 0 aliphatic heterocycles. The zero-order valence-electron chi connectivity index (χ0n) is 9.86. The zero-order chi connectivity index (χ0) is 12.9. The minimum absolute atomic E-state index is 0.0975. The van der Waals surface area contributed by atoms with Crippen LogP contribution >= 0.6 is 0 Å². The normalized spacial score (nSPS) is 11.2. The molecule has 94 valence electrons. The van der Waals surface area contributed by atoms with E-state index in [1.807, 2.05) is 0 Å². The zero-order valence-corrected chi connectivity index (χ0v) is 10.7. The molecule has 0 atom stereocenters. The van der Waals surface area contributed by atoms with Crippen LogP contribution in [0, 0.1) is 0 Å². The lowest BCUT2D eigenvalue weighted by Crippen LogP contribution is -2.31. The maximum absolute atomic E-state index is 11.2. The van der Waals surface area contributed by atoms with E-state index in [2.05, 4.69) is 10.6 Å². The number of hydrogen-bond donors (Lipinski definition) is 2. The van der Waals surface area contributed by atoms with Crippen molar-refractivity contribution in [2.75, 3.05) is 19.8 Å². The van der Waals surface area contributed by atoms with Crippen LogP contribution in [0.5, 0.6) is 0 Å². The first-order valence-electron chi connectivity index (χ1n) is 5.14. The first kappa shape index (κ1) is 13.7. The number of likely N-dealkylation sites (N-methyl/N-ethyl adjacent to an activating group) is 1. The summed E-state index contributed by atoms with van der Waals surface area (Å²) in [6.07, 6.45) is 1.16. The third-order valence-electron chi connectivity index (χ3n) is 2.18. The maximum atomic E-state index is 11.2. The average molecular weight is 256 g/mol. The predicted octanol–water partition coefficient (Wildman–Crippen LogP) is -0.0743. The van der Waals surface area contributed by atoms with Crippen molar-refractivity contribution >= 4 is 15.7 Å². The monoisotopic (exact) mass is 256 g/mol. The van der Waals surface area contributed by atoms with Gasteiger partial charge >= 0.3 is 0 Å². The van der Waals surface area contributed by atoms with E-state index in [1.54, 1.807) is 19.2 Å². The van der Waals surface area contributed by atoms with E-state index in [9.17, 15) is 13.2 Å². The van der Waals surface area contributed by atoms with Crippen molar-refractivity contribution in [3.63, 3.8) is 0 Å². The van der Waals surface area contributed by atoms with Gasteiger partial charge in [0.2, 0.25) is 5.91 Å². The first-order valence-corrected chi connectivity index (χ1v) is 7.03. The molecule has 1 amide bonds. The predicted molar refractivity (Wildman–Crippen MR) is 65.3 cm³/mol. The molecule has 0 unspecified atom stereocenters. The van der Waals surface area contributed by atoms with Crippen molar-refractivity contribution in [2.24, 2.45) is 0 Å². The second-order valence-electron chi connectivity index (χ2n) is 3.72. The molecule has 0 aliphatic carbocycles. The minimum Gasteiger partial charge on any atom is -0.351 e. The van der Waals surface area contributed by atoms with E-state index in [0.717, 1.165) is 11.8 Å². The van der Waals surface area contributed by atoms with Gasteiger partial charge in [0.05, 0.1) is 11.4 Å². The van der Waals surface area contributed by atoms with Gasteiger partial charge in [0.15, 0.2) is 9.84 Å². The third-order valence-corrected chi connectivity index (χ3v) is 3.31. The molecule has 0 spiro atoms. The minimum atomic E-state index is -3.16. The molecular weight excluding hydrogens is 240 g/mol. The Labute approximate surface area is 101 Å². The Morgan fingerprint density at radius 1 is 1.24 bits per heavy atom. The molecule has 1 aromatic rings. The number of rotatable bonds is 5. The van der Waals surface area contributed by atoms with Gasteiger partial charge in [-0.1, -0.05) is 12.1 Å². The highest BCUT2D eigenvalue weighted by Crippen LogP contribution is 2.09. The van der Waals surface area contributed by atoms with E-state index in [4.69, 9.17) is 0 Å². The number of carbonyl (C=O) groups is 1. The average Bonchev–Trinajstić information content (AvgIpc) is 2.26. The van der Waals surface area contributed by atoms with Crippen molar-refractivity contribution in [3.05, 3.63) is 29.8 Å². The van der Waals surface area contributed by atoms with Crippen molar-refractivity contribution in [3.8, 4) is 0 Å². The smallest absolute Gasteiger partial charge is 0.234 e. The largest absolute Gasteiger partial charge is 0.351 e. The van der Waals surface area contributed by atoms with Crippen molar-refractivity contribution in [1.29, 1.82) is 0 Å². The van der Waals surface area contributed by atoms with E-state index >= 15 is 0 Å². The van der Waals surface area contributed by atoms with Crippen LogP contribution in [0.3, 0.4) is 0 Å². The van der Waals surface area contributed by atoms with Crippen LogP contribution in [0.15, 0.2) is 29.2 Å². The van der Waals surface area contributed by atoms with Gasteiger partial charge in [-0.2, -0.15) is 0 Å². The molecule has 2 N–H and O–H groups in total. The standard InChI is InChI=1S/C11H16N2O3S/c1-12-8-11(14)13-7-9-3-5-10(6-4-9)17(2,15)16/h3-6,12H,7-8H2,1-2H3,(H,13,14). The van der Waals surface area contributed by atoms with Crippen LogP contribution in [0.25, 0.3) is 0 Å². The number of amides is 1. The molecule has 1 aromatic carbocycles. The fourth-order valence-corrected chi connectivity index (χ4v) is 1.91. The fourth-order valence-electron chi connectivity index (χ4n) is 1.28. The van der Waals surface area contributed by atoms with Gasteiger partial charge in [0, 0.05) is 12.8 Å². The first-order chi connectivity index (χ1) is 7.93. The summed E-state index contributed by atoms with van der Waals surface area (Å²) in [4.78, 5) is 11.5. The van der Waals surface area contributed by atoms with Gasteiger partial charge in [-0.3, -0.25) is 4.79 Å². The number of hydrogen-bond acceptors (Lipinski definition) is 4. The summed E-state index contributed by atoms with van der Waals surface area (Å²) in [6, 6.07) is 6.45. The summed E-state index contributed by atoms with van der Waals surface area (Å²) in [5.74, 6) is -0.0975. The molecule has 17 heavy (non-hydrogen) atoms. The Kier molecular flexibility index (Phi) is 4.65. The van der Waals surface area contributed by atoms with Crippen molar-refractivity contribution in [2.45, 2.75) is 11.4 Å². The quantitative estimate of drug-likeness (QED) is 0.773. The van der Waals surface area contributed by atoms with Crippen LogP contribution < -0.4 is 10.6 Å². The van der Waals surface area contributed by atoms with E-state index in [-0.39, 0.29) is 17.3 Å². The lowest BCUT2D eigenvalue weighted by atomic mass is 10.2. The molecule has 0 aromatic heterocycles. The topological polar surface area (TPSA) is 75.3 Å². The number of sulfone groups is 1.